The number of carbonyl (C=O) groups excluding carboxylic acids is 1. The number of rotatable bonds is 5. The zero-order valence-corrected chi connectivity index (χ0v) is 17.5. The number of para-hydroxylation sites is 1. The molecule has 3 aromatic rings. The van der Waals surface area contributed by atoms with E-state index in [-0.39, 0.29) is 17.9 Å². The summed E-state index contributed by atoms with van der Waals surface area (Å²) in [4.78, 5) is 31.6. The van der Waals surface area contributed by atoms with E-state index >= 15 is 0 Å². The van der Waals surface area contributed by atoms with Crippen molar-refractivity contribution in [2.24, 2.45) is 0 Å². The Morgan fingerprint density at radius 3 is 2.59 bits per heavy atom. The van der Waals surface area contributed by atoms with Crippen molar-refractivity contribution in [3.8, 4) is 6.07 Å². The number of piperazine rings is 1. The summed E-state index contributed by atoms with van der Waals surface area (Å²) >= 11 is 0. The number of pyridine rings is 1. The second kappa shape index (κ2) is 8.89. The summed E-state index contributed by atoms with van der Waals surface area (Å²) in [5, 5.41) is 21.9. The lowest BCUT2D eigenvalue weighted by molar-refractivity contribution is -0.385. The number of anilines is 2. The van der Waals surface area contributed by atoms with E-state index in [1.54, 1.807) is 19.2 Å². The van der Waals surface area contributed by atoms with Crippen molar-refractivity contribution in [2.45, 2.75) is 6.92 Å². The van der Waals surface area contributed by atoms with Crippen molar-refractivity contribution in [1.82, 2.24) is 4.98 Å². The van der Waals surface area contributed by atoms with Crippen LogP contribution in [0.3, 0.4) is 0 Å². The molecule has 9 heteroatoms. The molecule has 1 saturated heterocycles. The van der Waals surface area contributed by atoms with Gasteiger partial charge in [-0.05, 0) is 25.1 Å². The third-order valence-corrected chi connectivity index (χ3v) is 5.50. The summed E-state index contributed by atoms with van der Waals surface area (Å²) in [7, 11) is 0. The van der Waals surface area contributed by atoms with Crippen LogP contribution >= 0.6 is 0 Å². The van der Waals surface area contributed by atoms with Crippen LogP contribution in [-0.4, -0.2) is 48.7 Å². The van der Waals surface area contributed by atoms with E-state index in [4.69, 9.17) is 4.74 Å². The van der Waals surface area contributed by atoms with Gasteiger partial charge in [-0.1, -0.05) is 18.2 Å². The molecular formula is C23H21N5O4. The molecule has 0 aliphatic carbocycles. The Balaban J connectivity index is 1.59. The van der Waals surface area contributed by atoms with Gasteiger partial charge in [-0.15, -0.1) is 0 Å². The van der Waals surface area contributed by atoms with Crippen molar-refractivity contribution in [1.29, 1.82) is 5.26 Å². The first-order chi connectivity index (χ1) is 15.5. The highest BCUT2D eigenvalue weighted by Gasteiger charge is 2.26. The van der Waals surface area contributed by atoms with Gasteiger partial charge in [0.1, 0.15) is 11.6 Å². The molecule has 1 aliphatic heterocycles. The number of nitrogens with zero attached hydrogens (tertiary/aromatic N) is 5. The molecule has 0 atom stereocenters. The van der Waals surface area contributed by atoms with Crippen LogP contribution in [0.4, 0.5) is 17.1 Å². The molecule has 0 saturated carbocycles. The molecule has 2 aromatic carbocycles. The van der Waals surface area contributed by atoms with Gasteiger partial charge in [0, 0.05) is 49.5 Å². The number of ether oxygens (including phenoxy) is 1. The molecule has 0 spiro atoms. The van der Waals surface area contributed by atoms with Crippen LogP contribution < -0.4 is 9.80 Å². The van der Waals surface area contributed by atoms with E-state index in [9.17, 15) is 20.2 Å². The molecule has 162 valence electrons. The lowest BCUT2D eigenvalue weighted by Gasteiger charge is -2.38. The third-order valence-electron chi connectivity index (χ3n) is 5.50. The minimum absolute atomic E-state index is 0.0522. The summed E-state index contributed by atoms with van der Waals surface area (Å²) in [6.45, 7) is 4.34. The zero-order valence-electron chi connectivity index (χ0n) is 17.5. The standard InChI is InChI=1S/C23H21N5O4/c1-2-32-23(29)19-13-17(7-8-21(19)28(30)31)26-9-11-27(12-10-26)22-16(14-24)15-25-20-6-4-3-5-18(20)22/h3-8,13,15H,2,9-12H2,1H3. The molecule has 0 bridgehead atoms. The van der Waals surface area contributed by atoms with E-state index in [0.29, 0.717) is 31.7 Å². The van der Waals surface area contributed by atoms with Gasteiger partial charge in [-0.3, -0.25) is 15.1 Å². The van der Waals surface area contributed by atoms with Crippen molar-refractivity contribution in [3.63, 3.8) is 0 Å². The van der Waals surface area contributed by atoms with E-state index in [0.717, 1.165) is 22.3 Å². The second-order valence-electron chi connectivity index (χ2n) is 7.30. The number of benzene rings is 2. The molecule has 1 fully saturated rings. The number of carbonyl (C=O) groups is 1. The molecule has 1 aromatic heterocycles. The number of aromatic nitrogens is 1. The lowest BCUT2D eigenvalue weighted by atomic mass is 10.1. The number of hydrogen-bond acceptors (Lipinski definition) is 8. The van der Waals surface area contributed by atoms with Crippen molar-refractivity contribution in [2.75, 3.05) is 42.6 Å². The van der Waals surface area contributed by atoms with Gasteiger partial charge < -0.3 is 14.5 Å². The summed E-state index contributed by atoms with van der Waals surface area (Å²) in [5.74, 6) is -0.707. The highest BCUT2D eigenvalue weighted by atomic mass is 16.6. The average molecular weight is 431 g/mol. The molecule has 4 rings (SSSR count). The number of hydrogen-bond donors (Lipinski definition) is 0. The maximum atomic E-state index is 12.2. The maximum Gasteiger partial charge on any atom is 0.345 e. The molecule has 0 radical (unpaired) electrons. The molecule has 1 aliphatic rings. The summed E-state index contributed by atoms with van der Waals surface area (Å²) in [6, 6.07) is 14.5. The molecule has 32 heavy (non-hydrogen) atoms. The smallest absolute Gasteiger partial charge is 0.345 e. The Hall–Kier alpha value is -4.19. The van der Waals surface area contributed by atoms with E-state index in [1.165, 1.54) is 12.1 Å². The SMILES string of the molecule is CCOC(=O)c1cc(N2CCN(c3c(C#N)cnc4ccccc34)CC2)ccc1[N+](=O)[O-]. The van der Waals surface area contributed by atoms with Gasteiger partial charge in [0.2, 0.25) is 0 Å². The van der Waals surface area contributed by atoms with Crippen LogP contribution in [-0.2, 0) is 4.74 Å². The maximum absolute atomic E-state index is 12.2. The fourth-order valence-electron chi connectivity index (χ4n) is 3.99. The van der Waals surface area contributed by atoms with Crippen LogP contribution in [0.5, 0.6) is 0 Å². The topological polar surface area (TPSA) is 113 Å². The third kappa shape index (κ3) is 3.90. The molecular weight excluding hydrogens is 410 g/mol. The average Bonchev–Trinajstić information content (AvgIpc) is 2.83. The summed E-state index contributed by atoms with van der Waals surface area (Å²) in [6.07, 6.45) is 1.60. The number of nitro benzene ring substituents is 1. The first kappa shape index (κ1) is 21.1. The minimum atomic E-state index is -0.707. The van der Waals surface area contributed by atoms with Gasteiger partial charge in [0.25, 0.3) is 5.69 Å². The molecule has 0 unspecified atom stereocenters. The highest BCUT2D eigenvalue weighted by molar-refractivity contribution is 5.96. The first-order valence-corrected chi connectivity index (χ1v) is 10.3. The molecule has 0 amide bonds. The van der Waals surface area contributed by atoms with Crippen molar-refractivity contribution in [3.05, 3.63) is 69.9 Å². The van der Waals surface area contributed by atoms with Crippen LogP contribution in [0.15, 0.2) is 48.7 Å². The number of fused-ring (bicyclic) bond motifs is 1. The van der Waals surface area contributed by atoms with Crippen molar-refractivity contribution < 1.29 is 14.5 Å². The second-order valence-corrected chi connectivity index (χ2v) is 7.30. The van der Waals surface area contributed by atoms with E-state index in [2.05, 4.69) is 20.9 Å². The summed E-state index contributed by atoms with van der Waals surface area (Å²) in [5.41, 5.74) is 2.62. The number of esters is 1. The largest absolute Gasteiger partial charge is 0.462 e. The van der Waals surface area contributed by atoms with Crippen molar-refractivity contribution >= 4 is 33.9 Å². The number of nitro groups is 1. The molecule has 2 heterocycles. The summed E-state index contributed by atoms with van der Waals surface area (Å²) < 4.78 is 5.00. The Morgan fingerprint density at radius 1 is 1.19 bits per heavy atom. The van der Waals surface area contributed by atoms with Crippen LogP contribution in [0.25, 0.3) is 10.9 Å². The van der Waals surface area contributed by atoms with E-state index < -0.39 is 10.9 Å². The van der Waals surface area contributed by atoms with E-state index in [1.807, 2.05) is 24.3 Å². The Morgan fingerprint density at radius 2 is 1.91 bits per heavy atom. The van der Waals surface area contributed by atoms with Crippen LogP contribution in [0, 0.1) is 21.4 Å². The Labute approximate surface area is 184 Å². The van der Waals surface area contributed by atoms with Crippen LogP contribution in [0.1, 0.15) is 22.8 Å². The predicted octanol–water partition coefficient (Wildman–Crippen LogP) is 3.52. The first-order valence-electron chi connectivity index (χ1n) is 10.3. The zero-order chi connectivity index (χ0) is 22.7. The Kier molecular flexibility index (Phi) is 5.85. The quantitative estimate of drug-likeness (QED) is 0.343. The fraction of sp³-hybridized carbons (Fsp3) is 0.261. The predicted molar refractivity (Wildman–Crippen MR) is 120 cm³/mol. The van der Waals surface area contributed by atoms with Gasteiger partial charge in [-0.2, -0.15) is 5.26 Å². The van der Waals surface area contributed by atoms with Gasteiger partial charge in [0.15, 0.2) is 0 Å². The molecule has 9 nitrogen and oxygen atoms in total. The monoisotopic (exact) mass is 431 g/mol. The van der Waals surface area contributed by atoms with Gasteiger partial charge >= 0.3 is 5.97 Å². The normalized spacial score (nSPS) is 13.6. The number of nitriles is 1. The highest BCUT2D eigenvalue weighted by Crippen LogP contribution is 2.32. The van der Waals surface area contributed by atoms with Gasteiger partial charge in [0.05, 0.1) is 28.3 Å². The lowest BCUT2D eigenvalue weighted by Crippen LogP contribution is -2.47. The molecule has 0 N–H and O–H groups in total. The minimum Gasteiger partial charge on any atom is -0.462 e. The van der Waals surface area contributed by atoms with Gasteiger partial charge in [-0.25, -0.2) is 4.79 Å². The van der Waals surface area contributed by atoms with Crippen LogP contribution in [0.2, 0.25) is 0 Å². The Bertz CT molecular complexity index is 1230. The fourth-order valence-corrected chi connectivity index (χ4v) is 3.99.